The van der Waals surface area contributed by atoms with Crippen LogP contribution in [0.5, 0.6) is 0 Å². The van der Waals surface area contributed by atoms with Crippen LogP contribution in [-0.4, -0.2) is 68.2 Å². The first-order valence-electron chi connectivity index (χ1n) is 8.51. The van der Waals surface area contributed by atoms with Gasteiger partial charge in [-0.05, 0) is 31.5 Å². The molecule has 1 aromatic carbocycles. The number of aliphatic imine (C=N–C) groups is 1. The lowest BCUT2D eigenvalue weighted by molar-refractivity contribution is -0.0175. The van der Waals surface area contributed by atoms with Crippen molar-refractivity contribution in [1.82, 2.24) is 15.1 Å². The highest BCUT2D eigenvalue weighted by molar-refractivity contribution is 9.10. The maximum atomic E-state index is 5.52. The highest BCUT2D eigenvalue weighted by Gasteiger charge is 2.23. The van der Waals surface area contributed by atoms with Gasteiger partial charge in [0.05, 0.1) is 13.2 Å². The SMILES string of the molecule is CN=C(NCC(C)N1CCOCC1C)N(C)Cc1ccc(Br)cc1. The zero-order valence-electron chi connectivity index (χ0n) is 15.1. The van der Waals surface area contributed by atoms with Crippen molar-refractivity contribution in [2.75, 3.05) is 40.4 Å². The number of guanidine groups is 1. The molecule has 2 rings (SSSR count). The number of ether oxygens (including phenoxy) is 1. The Labute approximate surface area is 154 Å². The van der Waals surface area contributed by atoms with Crippen molar-refractivity contribution in [1.29, 1.82) is 0 Å². The number of nitrogens with one attached hydrogen (secondary N) is 1. The van der Waals surface area contributed by atoms with Crippen LogP contribution in [0.3, 0.4) is 0 Å². The summed E-state index contributed by atoms with van der Waals surface area (Å²) in [6, 6.07) is 9.32. The molecule has 6 heteroatoms. The number of hydrogen-bond donors (Lipinski definition) is 1. The highest BCUT2D eigenvalue weighted by atomic mass is 79.9. The van der Waals surface area contributed by atoms with Crippen LogP contribution in [0.4, 0.5) is 0 Å². The average molecular weight is 397 g/mol. The number of halogens is 1. The van der Waals surface area contributed by atoms with Gasteiger partial charge < -0.3 is 15.0 Å². The first-order chi connectivity index (χ1) is 11.5. The summed E-state index contributed by atoms with van der Waals surface area (Å²) < 4.78 is 6.63. The second-order valence-electron chi connectivity index (χ2n) is 6.42. The monoisotopic (exact) mass is 396 g/mol. The fourth-order valence-electron chi connectivity index (χ4n) is 3.07. The summed E-state index contributed by atoms with van der Waals surface area (Å²) >= 11 is 3.47. The Hall–Kier alpha value is -1.11. The number of hydrogen-bond acceptors (Lipinski definition) is 3. The zero-order chi connectivity index (χ0) is 17.5. The molecular weight excluding hydrogens is 368 g/mol. The third-order valence-corrected chi connectivity index (χ3v) is 4.98. The van der Waals surface area contributed by atoms with Gasteiger partial charge in [0.1, 0.15) is 0 Å². The number of morpholine rings is 1. The van der Waals surface area contributed by atoms with Crippen molar-refractivity contribution < 1.29 is 4.74 Å². The Kier molecular flexibility index (Phi) is 7.52. The minimum atomic E-state index is 0.446. The van der Waals surface area contributed by atoms with Gasteiger partial charge in [0, 0.05) is 50.3 Å². The molecule has 0 radical (unpaired) electrons. The first kappa shape index (κ1) is 19.2. The van der Waals surface area contributed by atoms with E-state index in [-0.39, 0.29) is 0 Å². The topological polar surface area (TPSA) is 40.1 Å². The summed E-state index contributed by atoms with van der Waals surface area (Å²) in [5.41, 5.74) is 1.26. The van der Waals surface area contributed by atoms with Crippen LogP contribution < -0.4 is 5.32 Å². The van der Waals surface area contributed by atoms with Crippen molar-refractivity contribution >= 4 is 21.9 Å². The van der Waals surface area contributed by atoms with Crippen LogP contribution in [-0.2, 0) is 11.3 Å². The molecule has 0 aliphatic carbocycles. The molecule has 1 N–H and O–H groups in total. The normalized spacial score (nSPS) is 20.7. The molecule has 1 saturated heterocycles. The van der Waals surface area contributed by atoms with Crippen molar-refractivity contribution in [2.24, 2.45) is 4.99 Å². The molecule has 2 unspecified atom stereocenters. The molecule has 2 atom stereocenters. The van der Waals surface area contributed by atoms with Crippen molar-refractivity contribution in [3.8, 4) is 0 Å². The Balaban J connectivity index is 1.85. The third kappa shape index (κ3) is 5.46. The molecule has 24 heavy (non-hydrogen) atoms. The van der Waals surface area contributed by atoms with Gasteiger partial charge in [-0.15, -0.1) is 0 Å². The minimum absolute atomic E-state index is 0.446. The predicted molar refractivity (Wildman–Crippen MR) is 103 cm³/mol. The Morgan fingerprint density at radius 3 is 2.79 bits per heavy atom. The molecule has 0 bridgehead atoms. The van der Waals surface area contributed by atoms with Gasteiger partial charge in [-0.1, -0.05) is 28.1 Å². The molecule has 134 valence electrons. The third-order valence-electron chi connectivity index (χ3n) is 4.45. The predicted octanol–water partition coefficient (Wildman–Crippen LogP) is 2.57. The van der Waals surface area contributed by atoms with E-state index < -0.39 is 0 Å². The minimum Gasteiger partial charge on any atom is -0.379 e. The van der Waals surface area contributed by atoms with Gasteiger partial charge >= 0.3 is 0 Å². The van der Waals surface area contributed by atoms with E-state index in [2.05, 4.69) is 81.2 Å². The van der Waals surface area contributed by atoms with Crippen LogP contribution in [0, 0.1) is 0 Å². The molecule has 5 nitrogen and oxygen atoms in total. The smallest absolute Gasteiger partial charge is 0.193 e. The quantitative estimate of drug-likeness (QED) is 0.613. The van der Waals surface area contributed by atoms with E-state index >= 15 is 0 Å². The van der Waals surface area contributed by atoms with Gasteiger partial charge in [-0.3, -0.25) is 9.89 Å². The number of nitrogens with zero attached hydrogens (tertiary/aromatic N) is 3. The van der Waals surface area contributed by atoms with E-state index in [1.54, 1.807) is 0 Å². The second-order valence-corrected chi connectivity index (χ2v) is 7.34. The number of rotatable bonds is 5. The van der Waals surface area contributed by atoms with Crippen LogP contribution in [0.2, 0.25) is 0 Å². The lowest BCUT2D eigenvalue weighted by Gasteiger charge is -2.38. The molecule has 0 saturated carbocycles. The van der Waals surface area contributed by atoms with Gasteiger partial charge in [0.15, 0.2) is 5.96 Å². The summed E-state index contributed by atoms with van der Waals surface area (Å²) in [5.74, 6) is 0.922. The van der Waals surface area contributed by atoms with E-state index in [1.165, 1.54) is 5.56 Å². The maximum Gasteiger partial charge on any atom is 0.193 e. The molecule has 0 aromatic heterocycles. The van der Waals surface area contributed by atoms with E-state index in [9.17, 15) is 0 Å². The van der Waals surface area contributed by atoms with Crippen LogP contribution in [0.1, 0.15) is 19.4 Å². The molecule has 1 fully saturated rings. The van der Waals surface area contributed by atoms with Gasteiger partial charge in [-0.25, -0.2) is 0 Å². The Morgan fingerprint density at radius 1 is 1.46 bits per heavy atom. The Morgan fingerprint density at radius 2 is 2.17 bits per heavy atom. The molecule has 0 amide bonds. The molecular formula is C18H29BrN4O. The fourth-order valence-corrected chi connectivity index (χ4v) is 3.34. The van der Waals surface area contributed by atoms with Crippen LogP contribution >= 0.6 is 15.9 Å². The fraction of sp³-hybridized carbons (Fsp3) is 0.611. The summed E-state index contributed by atoms with van der Waals surface area (Å²) in [5, 5.41) is 3.50. The largest absolute Gasteiger partial charge is 0.379 e. The van der Waals surface area contributed by atoms with Crippen molar-refractivity contribution in [3.63, 3.8) is 0 Å². The molecule has 1 aliphatic heterocycles. The lowest BCUT2D eigenvalue weighted by atomic mass is 10.2. The summed E-state index contributed by atoms with van der Waals surface area (Å²) in [4.78, 5) is 9.07. The van der Waals surface area contributed by atoms with Gasteiger partial charge in [-0.2, -0.15) is 0 Å². The first-order valence-corrected chi connectivity index (χ1v) is 9.30. The van der Waals surface area contributed by atoms with Crippen LogP contribution in [0.15, 0.2) is 33.7 Å². The van der Waals surface area contributed by atoms with E-state index in [0.717, 1.165) is 43.3 Å². The number of benzene rings is 1. The van der Waals surface area contributed by atoms with Crippen molar-refractivity contribution in [2.45, 2.75) is 32.5 Å². The van der Waals surface area contributed by atoms with Gasteiger partial charge in [0.2, 0.25) is 0 Å². The van der Waals surface area contributed by atoms with Crippen molar-refractivity contribution in [3.05, 3.63) is 34.3 Å². The summed E-state index contributed by atoms with van der Waals surface area (Å²) in [6.07, 6.45) is 0. The van der Waals surface area contributed by atoms with E-state index in [0.29, 0.717) is 12.1 Å². The van der Waals surface area contributed by atoms with E-state index in [1.807, 2.05) is 7.05 Å². The molecule has 0 spiro atoms. The molecule has 1 aromatic rings. The standard InChI is InChI=1S/C18H29BrN4O/c1-14(23-9-10-24-13-15(23)2)11-21-18(20-3)22(4)12-16-5-7-17(19)8-6-16/h5-8,14-15H,9-13H2,1-4H3,(H,20,21). The van der Waals surface area contributed by atoms with E-state index in [4.69, 9.17) is 4.74 Å². The van der Waals surface area contributed by atoms with Gasteiger partial charge in [0.25, 0.3) is 0 Å². The highest BCUT2D eigenvalue weighted by Crippen LogP contribution is 2.12. The summed E-state index contributed by atoms with van der Waals surface area (Å²) in [7, 11) is 3.90. The zero-order valence-corrected chi connectivity index (χ0v) is 16.7. The lowest BCUT2D eigenvalue weighted by Crippen LogP contribution is -2.53. The maximum absolute atomic E-state index is 5.52. The van der Waals surface area contributed by atoms with Crippen LogP contribution in [0.25, 0.3) is 0 Å². The average Bonchev–Trinajstić information content (AvgIpc) is 2.57. The molecule has 1 aliphatic rings. The second kappa shape index (κ2) is 9.39. The Bertz CT molecular complexity index is 534. The summed E-state index contributed by atoms with van der Waals surface area (Å²) in [6.45, 7) is 8.84. The molecule has 1 heterocycles.